The van der Waals surface area contributed by atoms with Crippen molar-refractivity contribution in [3.8, 4) is 0 Å². The van der Waals surface area contributed by atoms with E-state index in [9.17, 15) is 14.7 Å². The maximum Gasteiger partial charge on any atom is 0.261 e. The SMILES string of the molecule is Cc1cccc2c(=O)n(CC(=O)NC(CO)c3ccccc3)cnc12. The molecule has 25 heavy (non-hydrogen) atoms. The summed E-state index contributed by atoms with van der Waals surface area (Å²) in [4.78, 5) is 29.1. The van der Waals surface area contributed by atoms with Crippen molar-refractivity contribution in [2.75, 3.05) is 6.61 Å². The van der Waals surface area contributed by atoms with Crippen LogP contribution < -0.4 is 10.9 Å². The summed E-state index contributed by atoms with van der Waals surface area (Å²) in [5, 5.41) is 12.8. The molecule has 0 aliphatic rings. The van der Waals surface area contributed by atoms with Crippen LogP contribution in [0.2, 0.25) is 0 Å². The fourth-order valence-electron chi connectivity index (χ4n) is 2.76. The molecule has 6 heteroatoms. The molecule has 0 radical (unpaired) electrons. The van der Waals surface area contributed by atoms with Crippen molar-refractivity contribution in [3.63, 3.8) is 0 Å². The molecule has 3 aromatic rings. The number of aliphatic hydroxyl groups excluding tert-OH is 1. The van der Waals surface area contributed by atoms with E-state index in [-0.39, 0.29) is 24.6 Å². The number of para-hydroxylation sites is 1. The molecule has 0 bridgehead atoms. The number of nitrogens with one attached hydrogen (secondary N) is 1. The molecule has 128 valence electrons. The van der Waals surface area contributed by atoms with Crippen molar-refractivity contribution in [2.45, 2.75) is 19.5 Å². The average molecular weight is 337 g/mol. The minimum absolute atomic E-state index is 0.154. The van der Waals surface area contributed by atoms with Crippen LogP contribution in [0.25, 0.3) is 10.9 Å². The smallest absolute Gasteiger partial charge is 0.261 e. The average Bonchev–Trinajstić information content (AvgIpc) is 2.63. The topological polar surface area (TPSA) is 84.2 Å². The number of carbonyl (C=O) groups is 1. The number of rotatable bonds is 5. The molecule has 0 saturated carbocycles. The molecule has 1 aromatic heterocycles. The molecule has 6 nitrogen and oxygen atoms in total. The van der Waals surface area contributed by atoms with Gasteiger partial charge in [0, 0.05) is 0 Å². The maximum atomic E-state index is 12.5. The predicted molar refractivity (Wildman–Crippen MR) is 95.2 cm³/mol. The Labute approximate surface area is 144 Å². The van der Waals surface area contributed by atoms with E-state index in [1.54, 1.807) is 12.1 Å². The minimum atomic E-state index is -0.514. The second kappa shape index (κ2) is 7.27. The predicted octanol–water partition coefficient (Wildman–Crippen LogP) is 1.55. The minimum Gasteiger partial charge on any atom is -0.394 e. The number of amides is 1. The third kappa shape index (κ3) is 3.59. The Morgan fingerprint density at radius 3 is 2.68 bits per heavy atom. The van der Waals surface area contributed by atoms with Crippen LogP contribution in [0, 0.1) is 6.92 Å². The highest BCUT2D eigenvalue weighted by atomic mass is 16.3. The van der Waals surface area contributed by atoms with E-state index >= 15 is 0 Å². The van der Waals surface area contributed by atoms with Crippen molar-refractivity contribution in [1.82, 2.24) is 14.9 Å². The first-order valence-electron chi connectivity index (χ1n) is 8.00. The molecule has 1 atom stereocenters. The first-order chi connectivity index (χ1) is 12.1. The molecule has 0 spiro atoms. The molecule has 2 aromatic carbocycles. The molecule has 0 aliphatic carbocycles. The van der Waals surface area contributed by atoms with Gasteiger partial charge in [-0.3, -0.25) is 14.2 Å². The van der Waals surface area contributed by atoms with Gasteiger partial charge in [0.1, 0.15) is 6.54 Å². The first-order valence-corrected chi connectivity index (χ1v) is 8.00. The van der Waals surface area contributed by atoms with E-state index in [4.69, 9.17) is 0 Å². The van der Waals surface area contributed by atoms with Crippen LogP contribution in [0.15, 0.2) is 59.7 Å². The number of aryl methyl sites for hydroxylation is 1. The van der Waals surface area contributed by atoms with Gasteiger partial charge >= 0.3 is 0 Å². The Kier molecular flexibility index (Phi) is 4.90. The van der Waals surface area contributed by atoms with E-state index in [2.05, 4.69) is 10.3 Å². The Morgan fingerprint density at radius 1 is 1.20 bits per heavy atom. The van der Waals surface area contributed by atoms with Crippen molar-refractivity contribution >= 4 is 16.8 Å². The summed E-state index contributed by atoms with van der Waals surface area (Å²) < 4.78 is 1.27. The lowest BCUT2D eigenvalue weighted by Crippen LogP contribution is -2.36. The molecule has 1 unspecified atom stereocenters. The van der Waals surface area contributed by atoms with Gasteiger partial charge in [-0.2, -0.15) is 0 Å². The highest BCUT2D eigenvalue weighted by molar-refractivity contribution is 5.81. The molecular weight excluding hydrogens is 318 g/mol. The lowest BCUT2D eigenvalue weighted by Gasteiger charge is -2.17. The van der Waals surface area contributed by atoms with Gasteiger partial charge in [0.15, 0.2) is 0 Å². The van der Waals surface area contributed by atoms with Gasteiger partial charge in [-0.15, -0.1) is 0 Å². The Morgan fingerprint density at radius 2 is 1.96 bits per heavy atom. The largest absolute Gasteiger partial charge is 0.394 e. The number of hydrogen-bond acceptors (Lipinski definition) is 4. The first kappa shape index (κ1) is 16.9. The number of hydrogen-bond donors (Lipinski definition) is 2. The monoisotopic (exact) mass is 337 g/mol. The maximum absolute atomic E-state index is 12.5. The molecule has 1 heterocycles. The van der Waals surface area contributed by atoms with E-state index in [1.165, 1.54) is 10.9 Å². The van der Waals surface area contributed by atoms with Crippen LogP contribution in [0.5, 0.6) is 0 Å². The van der Waals surface area contributed by atoms with Crippen molar-refractivity contribution in [1.29, 1.82) is 0 Å². The molecule has 2 N–H and O–H groups in total. The second-order valence-electron chi connectivity index (χ2n) is 5.86. The van der Waals surface area contributed by atoms with Crippen molar-refractivity contribution < 1.29 is 9.90 Å². The normalized spacial score (nSPS) is 12.1. The van der Waals surface area contributed by atoms with E-state index < -0.39 is 6.04 Å². The number of aromatic nitrogens is 2. The van der Waals surface area contributed by atoms with Gasteiger partial charge < -0.3 is 10.4 Å². The summed E-state index contributed by atoms with van der Waals surface area (Å²) in [6.07, 6.45) is 1.38. The summed E-state index contributed by atoms with van der Waals surface area (Å²) in [5.41, 5.74) is 2.10. The number of nitrogens with zero attached hydrogens (tertiary/aromatic N) is 2. The summed E-state index contributed by atoms with van der Waals surface area (Å²) >= 11 is 0. The van der Waals surface area contributed by atoms with Crippen LogP contribution in [0.1, 0.15) is 17.2 Å². The lowest BCUT2D eigenvalue weighted by molar-refractivity contribution is -0.122. The second-order valence-corrected chi connectivity index (χ2v) is 5.86. The van der Waals surface area contributed by atoms with Gasteiger partial charge in [-0.1, -0.05) is 42.5 Å². The van der Waals surface area contributed by atoms with E-state index in [0.717, 1.165) is 11.1 Å². The standard InChI is InChI=1S/C19H19N3O3/c1-13-6-5-9-15-18(13)20-12-22(19(15)25)10-17(24)21-16(11-23)14-7-3-2-4-8-14/h2-9,12,16,23H,10-11H2,1H3,(H,21,24). The van der Waals surface area contributed by atoms with Crippen molar-refractivity contribution in [3.05, 3.63) is 76.3 Å². The molecule has 1 amide bonds. The third-order valence-corrected chi connectivity index (χ3v) is 4.09. The summed E-state index contributed by atoms with van der Waals surface area (Å²) in [7, 11) is 0. The van der Waals surface area contributed by atoms with Crippen molar-refractivity contribution in [2.24, 2.45) is 0 Å². The Bertz CT molecular complexity index is 951. The lowest BCUT2D eigenvalue weighted by atomic mass is 10.1. The van der Waals surface area contributed by atoms with Gasteiger partial charge in [0.2, 0.25) is 5.91 Å². The zero-order chi connectivity index (χ0) is 17.8. The number of carbonyl (C=O) groups excluding carboxylic acids is 1. The van der Waals surface area contributed by atoms with Crippen LogP contribution in [-0.2, 0) is 11.3 Å². The highest BCUT2D eigenvalue weighted by Crippen LogP contribution is 2.12. The quantitative estimate of drug-likeness (QED) is 0.740. The van der Waals surface area contributed by atoms with Crippen LogP contribution >= 0.6 is 0 Å². The summed E-state index contributed by atoms with van der Waals surface area (Å²) in [5.74, 6) is -0.362. The highest BCUT2D eigenvalue weighted by Gasteiger charge is 2.15. The number of benzene rings is 2. The zero-order valence-corrected chi connectivity index (χ0v) is 13.8. The van der Waals surface area contributed by atoms with Gasteiger partial charge in [-0.05, 0) is 24.1 Å². The Balaban J connectivity index is 1.80. The number of fused-ring (bicyclic) bond motifs is 1. The summed E-state index contributed by atoms with van der Waals surface area (Å²) in [6, 6.07) is 14.1. The Hall–Kier alpha value is -2.99. The molecular formula is C19H19N3O3. The third-order valence-electron chi connectivity index (χ3n) is 4.09. The van der Waals surface area contributed by atoms with E-state index in [0.29, 0.717) is 10.9 Å². The van der Waals surface area contributed by atoms with E-state index in [1.807, 2.05) is 43.3 Å². The van der Waals surface area contributed by atoms with Gasteiger partial charge in [0.25, 0.3) is 5.56 Å². The van der Waals surface area contributed by atoms with Gasteiger partial charge in [-0.25, -0.2) is 4.98 Å². The number of aliphatic hydroxyl groups is 1. The molecule has 0 fully saturated rings. The fraction of sp³-hybridized carbons (Fsp3) is 0.211. The summed E-state index contributed by atoms with van der Waals surface area (Å²) in [6.45, 7) is 1.51. The van der Waals surface area contributed by atoms with Crippen LogP contribution in [0.4, 0.5) is 0 Å². The molecule has 3 rings (SSSR count). The van der Waals surface area contributed by atoms with Crippen LogP contribution in [0.3, 0.4) is 0 Å². The fourth-order valence-corrected chi connectivity index (χ4v) is 2.76. The van der Waals surface area contributed by atoms with Crippen LogP contribution in [-0.4, -0.2) is 27.2 Å². The molecule has 0 saturated heterocycles. The zero-order valence-electron chi connectivity index (χ0n) is 13.8. The molecule has 0 aliphatic heterocycles. The van der Waals surface area contributed by atoms with Gasteiger partial charge in [0.05, 0.1) is 29.9 Å².